The number of urea groups is 1. The number of benzene rings is 3. The average Bonchev–Trinajstić information content (AvgIpc) is 2.84. The van der Waals surface area contributed by atoms with Crippen molar-refractivity contribution >= 4 is 34.1 Å². The number of carbonyl (C=O) groups excluding carboxylic acids is 1. The van der Waals surface area contributed by atoms with Gasteiger partial charge in [0, 0.05) is 47.5 Å². The Labute approximate surface area is 209 Å². The number of hydrogen-bond donors (Lipinski definition) is 1. The van der Waals surface area contributed by atoms with Gasteiger partial charge in [-0.2, -0.15) is 0 Å². The van der Waals surface area contributed by atoms with Crippen LogP contribution in [0.3, 0.4) is 0 Å². The van der Waals surface area contributed by atoms with Crippen LogP contribution in [-0.2, 0) is 13.6 Å². The highest BCUT2D eigenvalue weighted by atomic mass is 35.5. The van der Waals surface area contributed by atoms with Crippen LogP contribution < -0.4 is 20.5 Å². The second kappa shape index (κ2) is 10.2. The van der Waals surface area contributed by atoms with E-state index in [1.165, 1.54) is 4.90 Å². The molecule has 4 aromatic rings. The number of nitrogens with one attached hydrogen (secondary N) is 1. The van der Waals surface area contributed by atoms with Gasteiger partial charge in [-0.15, -0.1) is 0 Å². The lowest BCUT2D eigenvalue weighted by Crippen LogP contribution is -2.38. The predicted octanol–water partition coefficient (Wildman–Crippen LogP) is 5.99. The van der Waals surface area contributed by atoms with E-state index in [-0.39, 0.29) is 24.2 Å². The van der Waals surface area contributed by atoms with Gasteiger partial charge in [0.15, 0.2) is 0 Å². The highest BCUT2D eigenvalue weighted by Crippen LogP contribution is 2.32. The molecule has 1 heterocycles. The third-order valence-corrected chi connectivity index (χ3v) is 6.07. The van der Waals surface area contributed by atoms with Gasteiger partial charge in [0.2, 0.25) is 0 Å². The quantitative estimate of drug-likeness (QED) is 0.361. The zero-order valence-electron chi connectivity index (χ0n) is 20.2. The van der Waals surface area contributed by atoms with Gasteiger partial charge in [-0.1, -0.05) is 48.0 Å². The molecule has 0 aliphatic rings. The van der Waals surface area contributed by atoms with E-state index in [0.717, 1.165) is 16.5 Å². The van der Waals surface area contributed by atoms with Crippen LogP contribution in [0.25, 0.3) is 21.9 Å². The fourth-order valence-corrected chi connectivity index (χ4v) is 4.28. The number of halogens is 1. The Morgan fingerprint density at radius 3 is 2.49 bits per heavy atom. The molecule has 0 fully saturated rings. The lowest BCUT2D eigenvalue weighted by molar-refractivity contribution is 0.242. The molecule has 0 saturated heterocycles. The Bertz CT molecular complexity index is 1430. The molecule has 0 atom stereocenters. The van der Waals surface area contributed by atoms with E-state index in [1.807, 2.05) is 68.4 Å². The molecule has 0 bridgehead atoms. The summed E-state index contributed by atoms with van der Waals surface area (Å²) in [5.74, 6) is 0.692. The van der Waals surface area contributed by atoms with Crippen LogP contribution in [-0.4, -0.2) is 23.7 Å². The highest BCUT2D eigenvalue weighted by molar-refractivity contribution is 6.31. The van der Waals surface area contributed by atoms with Crippen molar-refractivity contribution in [2.75, 3.05) is 11.9 Å². The largest absolute Gasteiger partial charge is 0.491 e. The summed E-state index contributed by atoms with van der Waals surface area (Å²) in [6.07, 6.45) is 0.0310. The number of anilines is 1. The van der Waals surface area contributed by atoms with Crippen molar-refractivity contribution in [3.05, 3.63) is 93.9 Å². The summed E-state index contributed by atoms with van der Waals surface area (Å²) in [7, 11) is 3.42. The summed E-state index contributed by atoms with van der Waals surface area (Å²) in [5.41, 5.74) is 3.04. The van der Waals surface area contributed by atoms with Gasteiger partial charge in [0.25, 0.3) is 5.56 Å². The molecule has 0 spiro atoms. The van der Waals surface area contributed by atoms with Crippen LogP contribution in [0.2, 0.25) is 5.02 Å². The highest BCUT2D eigenvalue weighted by Gasteiger charge is 2.19. The number of rotatable bonds is 6. The Balaban J connectivity index is 1.70. The zero-order chi connectivity index (χ0) is 25.1. The maximum absolute atomic E-state index is 13.2. The Morgan fingerprint density at radius 1 is 1.03 bits per heavy atom. The fraction of sp³-hybridized carbons (Fsp3) is 0.214. The first-order chi connectivity index (χ1) is 16.8. The van der Waals surface area contributed by atoms with Crippen LogP contribution in [0.5, 0.6) is 5.75 Å². The summed E-state index contributed by atoms with van der Waals surface area (Å²) < 4.78 is 7.34. The summed E-state index contributed by atoms with van der Waals surface area (Å²) >= 11 is 6.31. The molecule has 3 aromatic carbocycles. The molecule has 35 heavy (non-hydrogen) atoms. The number of ether oxygens (including phenoxy) is 1. The number of pyridine rings is 1. The van der Waals surface area contributed by atoms with Crippen molar-refractivity contribution in [2.24, 2.45) is 7.05 Å². The molecule has 2 amide bonds. The van der Waals surface area contributed by atoms with E-state index in [9.17, 15) is 9.59 Å². The van der Waals surface area contributed by atoms with Crippen LogP contribution in [0.1, 0.15) is 19.5 Å². The topological polar surface area (TPSA) is 63.6 Å². The molecule has 6 nitrogen and oxygen atoms in total. The zero-order valence-corrected chi connectivity index (χ0v) is 21.0. The molecule has 0 unspecified atom stereocenters. The van der Waals surface area contributed by atoms with Gasteiger partial charge in [-0.25, -0.2) is 4.79 Å². The van der Waals surface area contributed by atoms with E-state index in [4.69, 9.17) is 16.3 Å². The number of amides is 2. The number of carbonyl (C=O) groups is 1. The molecule has 0 aliphatic carbocycles. The molecule has 4 rings (SSSR count). The third kappa shape index (κ3) is 5.17. The molecular formula is C28H28ClN3O3. The number of aromatic nitrogens is 1. The van der Waals surface area contributed by atoms with Crippen molar-refractivity contribution in [1.82, 2.24) is 9.88 Å². The number of nitrogens with zero attached hydrogens (tertiary/aromatic N) is 2. The predicted molar refractivity (Wildman–Crippen MR) is 142 cm³/mol. The van der Waals surface area contributed by atoms with Gasteiger partial charge in [0.05, 0.1) is 12.6 Å². The molecule has 1 aromatic heterocycles. The van der Waals surface area contributed by atoms with Gasteiger partial charge in [-0.3, -0.25) is 9.69 Å². The Morgan fingerprint density at radius 2 is 1.77 bits per heavy atom. The second-order valence-electron chi connectivity index (χ2n) is 8.62. The molecule has 0 radical (unpaired) electrons. The van der Waals surface area contributed by atoms with Gasteiger partial charge in [0.1, 0.15) is 5.75 Å². The van der Waals surface area contributed by atoms with E-state index >= 15 is 0 Å². The molecule has 0 aliphatic heterocycles. The van der Waals surface area contributed by atoms with E-state index in [0.29, 0.717) is 27.5 Å². The maximum atomic E-state index is 13.2. The van der Waals surface area contributed by atoms with Crippen molar-refractivity contribution < 1.29 is 9.53 Å². The molecule has 1 N–H and O–H groups in total. The smallest absolute Gasteiger partial charge is 0.321 e. The summed E-state index contributed by atoms with van der Waals surface area (Å²) in [5, 5.41) is 4.84. The van der Waals surface area contributed by atoms with E-state index in [2.05, 4.69) is 5.32 Å². The third-order valence-electron chi connectivity index (χ3n) is 5.83. The van der Waals surface area contributed by atoms with Crippen molar-refractivity contribution in [3.63, 3.8) is 0 Å². The Hall–Kier alpha value is -3.77. The summed E-state index contributed by atoms with van der Waals surface area (Å²) in [6.45, 7) is 4.06. The lowest BCUT2D eigenvalue weighted by Gasteiger charge is -2.22. The minimum absolute atomic E-state index is 0.0310. The van der Waals surface area contributed by atoms with Crippen LogP contribution in [0, 0.1) is 0 Å². The van der Waals surface area contributed by atoms with Crippen molar-refractivity contribution in [1.29, 1.82) is 0 Å². The first-order valence-corrected chi connectivity index (χ1v) is 11.8. The molecule has 180 valence electrons. The SMILES string of the molecule is CC(C)Oc1cccc(N(C)C(=O)NCc2c(-c3ccccc3)c3cc(Cl)ccc3c(=O)n2C)c1. The number of hydrogen-bond acceptors (Lipinski definition) is 3. The van der Waals surface area contributed by atoms with Crippen molar-refractivity contribution in [3.8, 4) is 16.9 Å². The van der Waals surface area contributed by atoms with Gasteiger partial charge >= 0.3 is 6.03 Å². The average molecular weight is 490 g/mol. The minimum Gasteiger partial charge on any atom is -0.491 e. The number of fused-ring (bicyclic) bond motifs is 1. The van der Waals surface area contributed by atoms with Crippen molar-refractivity contribution in [2.45, 2.75) is 26.5 Å². The second-order valence-corrected chi connectivity index (χ2v) is 9.06. The molecular weight excluding hydrogens is 462 g/mol. The maximum Gasteiger partial charge on any atom is 0.321 e. The summed E-state index contributed by atoms with van der Waals surface area (Å²) in [4.78, 5) is 27.7. The van der Waals surface area contributed by atoms with Gasteiger partial charge < -0.3 is 14.6 Å². The first kappa shape index (κ1) is 24.4. The first-order valence-electron chi connectivity index (χ1n) is 11.4. The lowest BCUT2D eigenvalue weighted by atomic mass is 9.96. The normalized spacial score (nSPS) is 11.0. The van der Waals surface area contributed by atoms with E-state index in [1.54, 1.807) is 36.9 Å². The van der Waals surface area contributed by atoms with Crippen LogP contribution in [0.4, 0.5) is 10.5 Å². The monoisotopic (exact) mass is 489 g/mol. The fourth-order valence-electron chi connectivity index (χ4n) is 4.10. The standard InChI is InChI=1S/C28H28ClN3O3/c1-18(2)35-22-12-8-11-21(16-22)31(3)28(34)30-17-25-26(19-9-6-5-7-10-19)24-15-20(29)13-14-23(24)27(33)32(25)4/h5-16,18H,17H2,1-4H3,(H,30,34). The van der Waals surface area contributed by atoms with Crippen LogP contribution >= 0.6 is 11.6 Å². The minimum atomic E-state index is -0.302. The molecule has 0 saturated carbocycles. The van der Waals surface area contributed by atoms with Crippen LogP contribution in [0.15, 0.2) is 77.6 Å². The molecule has 7 heteroatoms. The van der Waals surface area contributed by atoms with E-state index < -0.39 is 0 Å². The Kier molecular flexibility index (Phi) is 7.12. The van der Waals surface area contributed by atoms with Gasteiger partial charge in [-0.05, 0) is 55.1 Å². The summed E-state index contributed by atoms with van der Waals surface area (Å²) in [6, 6.07) is 22.1.